The highest BCUT2D eigenvalue weighted by Gasteiger charge is 2.43. The molecule has 0 unspecified atom stereocenters. The molecule has 4 N–H and O–H groups in total. The largest absolute Gasteiger partial charge is 0.396 e. The van der Waals surface area contributed by atoms with E-state index in [1.54, 1.807) is 6.33 Å². The van der Waals surface area contributed by atoms with Crippen molar-refractivity contribution in [2.45, 2.75) is 51.2 Å². The molecular weight excluding hydrogens is 408 g/mol. The van der Waals surface area contributed by atoms with Crippen LogP contribution in [-0.2, 0) is 18.4 Å². The monoisotopic (exact) mass is 434 g/mol. The van der Waals surface area contributed by atoms with Crippen molar-refractivity contribution < 1.29 is 9.59 Å². The Morgan fingerprint density at radius 3 is 2.62 bits per heavy atom. The summed E-state index contributed by atoms with van der Waals surface area (Å²) in [7, 11) is 1.89. The number of hydrogen-bond donors (Lipinski definition) is 3. The first kappa shape index (κ1) is 20.2. The van der Waals surface area contributed by atoms with Gasteiger partial charge < -0.3 is 25.1 Å². The summed E-state index contributed by atoms with van der Waals surface area (Å²) in [6.45, 7) is 2.57. The number of aromatic nitrogens is 4. The van der Waals surface area contributed by atoms with Crippen LogP contribution in [0, 0.1) is 5.41 Å². The lowest BCUT2D eigenvalue weighted by molar-refractivity contribution is -0.104. The SMILES string of the molecule is CCn1c(C(=O)N(C2CC2)C2CC2)cc2c3c(ncn3C)c(NC(=N)/C=C(\N)C=O)nc21. The van der Waals surface area contributed by atoms with Crippen molar-refractivity contribution in [1.82, 2.24) is 24.0 Å². The molecule has 0 atom stereocenters. The number of fused-ring (bicyclic) bond motifs is 3. The summed E-state index contributed by atoms with van der Waals surface area (Å²) in [5, 5.41) is 11.9. The third kappa shape index (κ3) is 3.31. The third-order valence-corrected chi connectivity index (χ3v) is 6.05. The maximum absolute atomic E-state index is 13.6. The number of aryl methyl sites for hydroxylation is 2. The molecule has 10 nitrogen and oxygen atoms in total. The first-order chi connectivity index (χ1) is 15.4. The van der Waals surface area contributed by atoms with Crippen LogP contribution in [0.15, 0.2) is 24.2 Å². The van der Waals surface area contributed by atoms with Gasteiger partial charge in [-0.05, 0) is 38.7 Å². The molecule has 166 valence electrons. The van der Waals surface area contributed by atoms with Crippen LogP contribution >= 0.6 is 0 Å². The van der Waals surface area contributed by atoms with E-state index in [2.05, 4.69) is 15.2 Å². The van der Waals surface area contributed by atoms with E-state index in [0.717, 1.165) is 36.6 Å². The number of aldehydes is 1. The average molecular weight is 435 g/mol. The standard InChI is InChI=1S/C22H26N8O2/c1-3-29-16(22(32)30(13-4-5-13)14-6-7-14)9-15-19-18(25-11-28(19)2)20(27-21(15)29)26-17(24)8-12(23)10-31/h8-11,13-14H,3-7,23H2,1-2H3,(H2,24,26,27)/b12-8-. The Balaban J connectivity index is 1.65. The van der Waals surface area contributed by atoms with E-state index in [0.29, 0.717) is 47.6 Å². The van der Waals surface area contributed by atoms with Crippen LogP contribution in [0.2, 0.25) is 0 Å². The molecule has 0 aromatic carbocycles. The number of imidazole rings is 1. The molecule has 2 aliphatic carbocycles. The maximum Gasteiger partial charge on any atom is 0.271 e. The van der Waals surface area contributed by atoms with Gasteiger partial charge in [0.25, 0.3) is 5.91 Å². The Bertz CT molecular complexity index is 1280. The zero-order chi connectivity index (χ0) is 22.6. The number of pyridine rings is 1. The summed E-state index contributed by atoms with van der Waals surface area (Å²) in [6.07, 6.45) is 7.69. The number of carbonyl (C=O) groups is 2. The van der Waals surface area contributed by atoms with Crippen molar-refractivity contribution in [2.24, 2.45) is 12.8 Å². The van der Waals surface area contributed by atoms with Gasteiger partial charge in [-0.3, -0.25) is 15.0 Å². The van der Waals surface area contributed by atoms with Gasteiger partial charge in [-0.15, -0.1) is 0 Å². The first-order valence-corrected chi connectivity index (χ1v) is 10.9. The van der Waals surface area contributed by atoms with Crippen molar-refractivity contribution in [3.05, 3.63) is 29.9 Å². The summed E-state index contributed by atoms with van der Waals surface area (Å²) < 4.78 is 3.82. The first-order valence-electron chi connectivity index (χ1n) is 10.9. The van der Waals surface area contributed by atoms with Crippen LogP contribution in [0.5, 0.6) is 0 Å². The van der Waals surface area contributed by atoms with E-state index < -0.39 is 0 Å². The molecule has 1 amide bonds. The minimum absolute atomic E-state index is 0.0640. The van der Waals surface area contributed by atoms with Crippen molar-refractivity contribution in [2.75, 3.05) is 5.32 Å². The Kier molecular flexibility index (Phi) is 4.72. The lowest BCUT2D eigenvalue weighted by atomic mass is 10.2. The molecule has 0 bridgehead atoms. The van der Waals surface area contributed by atoms with Crippen molar-refractivity contribution >= 4 is 45.9 Å². The van der Waals surface area contributed by atoms with Crippen molar-refractivity contribution in [1.29, 1.82) is 5.41 Å². The number of allylic oxidation sites excluding steroid dienone is 1. The number of hydrogen-bond acceptors (Lipinski definition) is 6. The van der Waals surface area contributed by atoms with Gasteiger partial charge in [0.05, 0.1) is 17.5 Å². The van der Waals surface area contributed by atoms with Gasteiger partial charge in [0.2, 0.25) is 0 Å². The Morgan fingerprint density at radius 1 is 1.34 bits per heavy atom. The number of nitrogens with one attached hydrogen (secondary N) is 2. The van der Waals surface area contributed by atoms with E-state index in [-0.39, 0.29) is 17.4 Å². The molecule has 0 saturated heterocycles. The number of amidine groups is 1. The summed E-state index contributed by atoms with van der Waals surface area (Å²) >= 11 is 0. The highest BCUT2D eigenvalue weighted by molar-refractivity contribution is 6.13. The number of amides is 1. The summed E-state index contributed by atoms with van der Waals surface area (Å²) in [5.74, 6) is 0.364. The van der Waals surface area contributed by atoms with Gasteiger partial charge in [0, 0.05) is 37.1 Å². The summed E-state index contributed by atoms with van der Waals surface area (Å²) in [4.78, 5) is 35.7. The van der Waals surface area contributed by atoms with Crippen LogP contribution in [0.25, 0.3) is 22.1 Å². The second-order valence-corrected chi connectivity index (χ2v) is 8.50. The Labute approximate surface area is 184 Å². The lowest BCUT2D eigenvalue weighted by Crippen LogP contribution is -2.36. The van der Waals surface area contributed by atoms with Gasteiger partial charge in [-0.2, -0.15) is 0 Å². The second-order valence-electron chi connectivity index (χ2n) is 8.50. The molecule has 2 aliphatic rings. The van der Waals surface area contributed by atoms with Gasteiger partial charge in [-0.25, -0.2) is 9.97 Å². The normalized spacial score (nSPS) is 16.5. The van der Waals surface area contributed by atoms with Crippen LogP contribution < -0.4 is 11.1 Å². The molecule has 5 rings (SSSR count). The predicted molar refractivity (Wildman–Crippen MR) is 122 cm³/mol. The van der Waals surface area contributed by atoms with E-state index in [4.69, 9.17) is 16.1 Å². The molecule has 0 spiro atoms. The van der Waals surface area contributed by atoms with E-state index in [1.165, 1.54) is 6.08 Å². The second kappa shape index (κ2) is 7.47. The number of rotatable bonds is 7. The van der Waals surface area contributed by atoms with Crippen LogP contribution in [0.3, 0.4) is 0 Å². The molecule has 32 heavy (non-hydrogen) atoms. The van der Waals surface area contributed by atoms with Crippen LogP contribution in [0.4, 0.5) is 5.82 Å². The average Bonchev–Trinajstić information content (AvgIpc) is 3.70. The smallest absolute Gasteiger partial charge is 0.271 e. The fourth-order valence-electron chi connectivity index (χ4n) is 4.33. The molecule has 10 heteroatoms. The molecule has 2 fully saturated rings. The fourth-order valence-corrected chi connectivity index (χ4v) is 4.33. The van der Waals surface area contributed by atoms with Gasteiger partial charge in [0.1, 0.15) is 22.7 Å². The zero-order valence-corrected chi connectivity index (χ0v) is 18.1. The van der Waals surface area contributed by atoms with Crippen molar-refractivity contribution in [3.8, 4) is 0 Å². The molecule has 3 aromatic heterocycles. The highest BCUT2D eigenvalue weighted by atomic mass is 16.2. The minimum atomic E-state index is -0.0760. The van der Waals surface area contributed by atoms with Crippen LogP contribution in [0.1, 0.15) is 43.1 Å². The van der Waals surface area contributed by atoms with E-state index in [1.807, 2.05) is 29.2 Å². The van der Waals surface area contributed by atoms with E-state index in [9.17, 15) is 9.59 Å². The molecule has 2 saturated carbocycles. The number of carbonyl (C=O) groups excluding carboxylic acids is 2. The number of nitrogens with two attached hydrogens (primary N) is 1. The molecule has 3 aromatic rings. The predicted octanol–water partition coefficient (Wildman–Crippen LogP) is 2.14. The van der Waals surface area contributed by atoms with Gasteiger partial charge in [-0.1, -0.05) is 0 Å². The minimum Gasteiger partial charge on any atom is -0.396 e. The quantitative estimate of drug-likeness (QED) is 0.226. The number of anilines is 1. The van der Waals surface area contributed by atoms with Crippen molar-refractivity contribution in [3.63, 3.8) is 0 Å². The third-order valence-electron chi connectivity index (χ3n) is 6.05. The summed E-state index contributed by atoms with van der Waals surface area (Å²) in [5.41, 5.74) is 8.16. The van der Waals surface area contributed by atoms with Gasteiger partial charge in [0.15, 0.2) is 12.1 Å². The molecule has 0 radical (unpaired) electrons. The maximum atomic E-state index is 13.6. The number of nitrogens with zero attached hydrogens (tertiary/aromatic N) is 5. The van der Waals surface area contributed by atoms with E-state index >= 15 is 0 Å². The lowest BCUT2D eigenvalue weighted by Gasteiger charge is -2.22. The zero-order valence-electron chi connectivity index (χ0n) is 18.1. The van der Waals surface area contributed by atoms with Gasteiger partial charge >= 0.3 is 0 Å². The molecule has 3 heterocycles. The van der Waals surface area contributed by atoms with Crippen LogP contribution in [-0.4, -0.2) is 54.1 Å². The Morgan fingerprint density at radius 2 is 2.03 bits per heavy atom. The molecule has 0 aliphatic heterocycles. The highest BCUT2D eigenvalue weighted by Crippen LogP contribution is 2.39. The topological polar surface area (TPSA) is 135 Å². The summed E-state index contributed by atoms with van der Waals surface area (Å²) in [6, 6.07) is 2.64. The molecular formula is C22H26N8O2. The fraction of sp³-hybridized carbons (Fsp3) is 0.409. The Hall–Kier alpha value is -3.69.